The lowest BCUT2D eigenvalue weighted by Gasteiger charge is -2.04. The quantitative estimate of drug-likeness (QED) is 0.599. The molecule has 0 fully saturated rings. The van der Waals surface area contributed by atoms with Crippen LogP contribution >= 0.6 is 0 Å². The Balaban J connectivity index is -0.000000242. The minimum absolute atomic E-state index is 0. The summed E-state index contributed by atoms with van der Waals surface area (Å²) in [5.74, 6) is 0. The number of hydrogen-bond donors (Lipinski definition) is 0. The van der Waals surface area contributed by atoms with Gasteiger partial charge in [-0.1, -0.05) is 58.7 Å². The molecule has 0 radical (unpaired) electrons. The van der Waals surface area contributed by atoms with E-state index >= 15 is 0 Å². The number of benzene rings is 1. The lowest BCUT2D eigenvalue weighted by Crippen LogP contribution is -1.96. The Morgan fingerprint density at radius 3 is 1.53 bits per heavy atom. The zero-order valence-corrected chi connectivity index (χ0v) is 12.3. The van der Waals surface area contributed by atoms with Crippen LogP contribution in [0.1, 0.15) is 40.5 Å². The average molecular weight is 260 g/mol. The molecule has 3 nitrogen and oxygen atoms in total. The van der Waals surface area contributed by atoms with Gasteiger partial charge in [0.05, 0.1) is 4.90 Å². The molecule has 0 N–H and O–H groups in total. The Morgan fingerprint density at radius 2 is 1.35 bits per heavy atom. The molecular weight excluding hydrogens is 236 g/mol. The lowest BCUT2D eigenvalue weighted by molar-refractivity contribution is 0.463. The molecule has 0 saturated heterocycles. The van der Waals surface area contributed by atoms with Crippen LogP contribution in [0.2, 0.25) is 0 Å². The van der Waals surface area contributed by atoms with E-state index in [1.807, 2.05) is 13.8 Å². The molecule has 0 amide bonds. The first-order valence-corrected chi connectivity index (χ1v) is 6.94. The van der Waals surface area contributed by atoms with Crippen molar-refractivity contribution in [3.05, 3.63) is 37.8 Å². The van der Waals surface area contributed by atoms with Crippen molar-refractivity contribution in [2.75, 3.05) is 0 Å². The summed E-state index contributed by atoms with van der Waals surface area (Å²) in [6.45, 7) is 8.36. The van der Waals surface area contributed by atoms with Crippen LogP contribution in [0.4, 0.5) is 0 Å². The van der Waals surface area contributed by atoms with Crippen LogP contribution in [-0.2, 0) is 10.1 Å². The maximum Gasteiger partial charge on any atom is 0.124 e. The lowest BCUT2D eigenvalue weighted by atomic mass is 10.4. The van der Waals surface area contributed by atoms with Gasteiger partial charge in [-0.25, -0.2) is 8.42 Å². The van der Waals surface area contributed by atoms with Crippen LogP contribution in [-0.4, -0.2) is 13.0 Å². The smallest absolute Gasteiger partial charge is 0.124 e. The third kappa shape index (κ3) is 12.9. The van der Waals surface area contributed by atoms with E-state index in [1.54, 1.807) is 6.07 Å². The summed E-state index contributed by atoms with van der Waals surface area (Å²) >= 11 is 0. The van der Waals surface area contributed by atoms with Crippen LogP contribution < -0.4 is 0 Å². The van der Waals surface area contributed by atoms with Gasteiger partial charge in [-0.05, 0) is 12.1 Å². The van der Waals surface area contributed by atoms with Crippen molar-refractivity contribution in [1.29, 1.82) is 0 Å². The van der Waals surface area contributed by atoms with E-state index in [0.717, 1.165) is 0 Å². The van der Waals surface area contributed by atoms with Gasteiger partial charge in [0.25, 0.3) is 0 Å². The monoisotopic (exact) mass is 260 g/mol. The van der Waals surface area contributed by atoms with E-state index in [4.69, 9.17) is 0 Å². The largest absolute Gasteiger partial charge is 0.744 e. The molecular formula is C13H24O3S. The highest BCUT2D eigenvalue weighted by molar-refractivity contribution is 7.85. The summed E-state index contributed by atoms with van der Waals surface area (Å²) in [6.07, 6.45) is 2.64. The van der Waals surface area contributed by atoms with Crippen molar-refractivity contribution >= 4 is 10.1 Å². The first kappa shape index (κ1) is 21.3. The molecule has 0 atom stereocenters. The maximum atomic E-state index is 10.3. The van der Waals surface area contributed by atoms with Crippen molar-refractivity contribution in [2.45, 2.75) is 45.4 Å². The van der Waals surface area contributed by atoms with Gasteiger partial charge in [0.1, 0.15) is 10.1 Å². The summed E-state index contributed by atoms with van der Waals surface area (Å²) in [6, 6.07) is 7.19. The fraction of sp³-hybridized carbons (Fsp3) is 0.462. The number of rotatable bonds is 2. The molecule has 0 aromatic heterocycles. The highest BCUT2D eigenvalue weighted by Crippen LogP contribution is 2.04. The van der Waals surface area contributed by atoms with Crippen molar-refractivity contribution in [3.63, 3.8) is 0 Å². The molecule has 0 unspecified atom stereocenters. The molecule has 0 bridgehead atoms. The van der Waals surface area contributed by atoms with Gasteiger partial charge in [0.15, 0.2) is 0 Å². The standard InChI is InChI=1S/C6H6O3S.C4H10.C2H6.CH3/c7-10(8,9)6-4-2-1-3-5-6;1-3-4-2;1-2;/h1-5H,(H,7,8,9);3-4H2,1-2H3;1-2H3;1H3/q;;;+1/p-1. The van der Waals surface area contributed by atoms with Gasteiger partial charge in [0.2, 0.25) is 0 Å². The van der Waals surface area contributed by atoms with Gasteiger partial charge < -0.3 is 4.55 Å². The van der Waals surface area contributed by atoms with Crippen molar-refractivity contribution in [1.82, 2.24) is 0 Å². The van der Waals surface area contributed by atoms with Crippen LogP contribution in [0.5, 0.6) is 0 Å². The van der Waals surface area contributed by atoms with Gasteiger partial charge >= 0.3 is 0 Å². The maximum absolute atomic E-state index is 10.3. The van der Waals surface area contributed by atoms with Crippen LogP contribution in [0, 0.1) is 7.43 Å². The van der Waals surface area contributed by atoms with E-state index in [0.29, 0.717) is 0 Å². The topological polar surface area (TPSA) is 57.2 Å². The molecule has 1 rings (SSSR count). The number of unbranched alkanes of at least 4 members (excludes halogenated alkanes) is 1. The zero-order valence-electron chi connectivity index (χ0n) is 11.4. The fourth-order valence-electron chi connectivity index (χ4n) is 0.587. The van der Waals surface area contributed by atoms with E-state index < -0.39 is 10.1 Å². The Kier molecular flexibility index (Phi) is 16.4. The average Bonchev–Trinajstić information content (AvgIpc) is 2.32. The molecule has 17 heavy (non-hydrogen) atoms. The van der Waals surface area contributed by atoms with Crippen molar-refractivity contribution in [3.8, 4) is 0 Å². The van der Waals surface area contributed by atoms with E-state index in [-0.39, 0.29) is 12.3 Å². The molecule has 1 aromatic carbocycles. The SMILES string of the molecule is CC.CCCC.O=S(=O)([O-])c1ccccc1.[CH3+]. The summed E-state index contributed by atoms with van der Waals surface area (Å²) < 4.78 is 30.8. The Bertz CT molecular complexity index is 329. The van der Waals surface area contributed by atoms with Gasteiger partial charge in [0, 0.05) is 7.43 Å². The van der Waals surface area contributed by atoms with Crippen LogP contribution in [0.15, 0.2) is 35.2 Å². The predicted octanol–water partition coefficient (Wildman–Crippen LogP) is 3.87. The summed E-state index contributed by atoms with van der Waals surface area (Å²) in [4.78, 5) is -0.185. The molecule has 0 spiro atoms. The molecule has 4 heteroatoms. The normalized spacial score (nSPS) is 8.76. The highest BCUT2D eigenvalue weighted by atomic mass is 32.2. The number of hydrogen-bond acceptors (Lipinski definition) is 3. The Morgan fingerprint density at radius 1 is 1.00 bits per heavy atom. The van der Waals surface area contributed by atoms with E-state index in [2.05, 4.69) is 13.8 Å². The summed E-state index contributed by atoms with van der Waals surface area (Å²) in [7, 11) is -4.25. The predicted molar refractivity (Wildman–Crippen MR) is 72.7 cm³/mol. The second kappa shape index (κ2) is 13.1. The second-order valence-electron chi connectivity index (χ2n) is 2.77. The third-order valence-corrected chi connectivity index (χ3v) is 2.38. The molecule has 100 valence electrons. The van der Waals surface area contributed by atoms with E-state index in [1.165, 1.54) is 37.1 Å². The molecule has 0 aliphatic rings. The fourth-order valence-corrected chi connectivity index (χ4v) is 1.08. The Labute approximate surface area is 107 Å². The van der Waals surface area contributed by atoms with Crippen LogP contribution in [0.25, 0.3) is 0 Å². The minimum atomic E-state index is -4.25. The summed E-state index contributed by atoms with van der Waals surface area (Å²) in [5, 5.41) is 0. The summed E-state index contributed by atoms with van der Waals surface area (Å²) in [5.41, 5.74) is 0. The van der Waals surface area contributed by atoms with E-state index in [9.17, 15) is 13.0 Å². The van der Waals surface area contributed by atoms with Gasteiger partial charge in [-0.3, -0.25) is 0 Å². The first-order valence-electron chi connectivity index (χ1n) is 5.53. The molecule has 0 aliphatic carbocycles. The van der Waals surface area contributed by atoms with Gasteiger partial charge in [-0.2, -0.15) is 0 Å². The van der Waals surface area contributed by atoms with Crippen molar-refractivity contribution < 1.29 is 13.0 Å². The molecule has 0 saturated carbocycles. The Hall–Kier alpha value is -1.00. The molecule has 1 aromatic rings. The highest BCUT2D eigenvalue weighted by Gasteiger charge is 1.95. The zero-order chi connectivity index (χ0) is 13.0. The third-order valence-electron chi connectivity index (χ3n) is 1.53. The molecule has 0 heterocycles. The first-order chi connectivity index (χ1) is 7.52. The van der Waals surface area contributed by atoms with Crippen LogP contribution in [0.3, 0.4) is 0 Å². The molecule has 0 aliphatic heterocycles. The van der Waals surface area contributed by atoms with Gasteiger partial charge in [-0.15, -0.1) is 0 Å². The second-order valence-corrected chi connectivity index (χ2v) is 4.15. The minimum Gasteiger partial charge on any atom is -0.744 e. The van der Waals surface area contributed by atoms with Crippen molar-refractivity contribution in [2.24, 2.45) is 0 Å².